The second-order valence-corrected chi connectivity index (χ2v) is 7.68. The summed E-state index contributed by atoms with van der Waals surface area (Å²) in [6.45, 7) is 2.78. The number of anilines is 2. The number of morpholine rings is 1. The van der Waals surface area contributed by atoms with Crippen molar-refractivity contribution in [1.29, 1.82) is 0 Å². The van der Waals surface area contributed by atoms with E-state index in [9.17, 15) is 8.78 Å². The minimum atomic E-state index is -2.55. The van der Waals surface area contributed by atoms with E-state index in [0.717, 1.165) is 18.9 Å². The number of aromatic nitrogens is 4. The molecule has 0 unspecified atom stereocenters. The lowest BCUT2D eigenvalue weighted by molar-refractivity contribution is -0.0361. The van der Waals surface area contributed by atoms with Crippen molar-refractivity contribution in [2.24, 2.45) is 0 Å². The van der Waals surface area contributed by atoms with Gasteiger partial charge in [-0.15, -0.1) is 0 Å². The van der Waals surface area contributed by atoms with Crippen LogP contribution in [0.4, 0.5) is 20.4 Å². The van der Waals surface area contributed by atoms with Gasteiger partial charge in [-0.25, -0.2) is 13.5 Å². The number of nitrogens with zero attached hydrogens (tertiary/aromatic N) is 5. The highest BCUT2D eigenvalue weighted by Crippen LogP contribution is 2.34. The van der Waals surface area contributed by atoms with E-state index in [1.165, 1.54) is 0 Å². The summed E-state index contributed by atoms with van der Waals surface area (Å²) in [6, 6.07) is 3.66. The number of rotatable bonds is 4. The molecule has 1 saturated carbocycles. The molecule has 1 aliphatic carbocycles. The fourth-order valence-corrected chi connectivity index (χ4v) is 3.65. The average molecular weight is 443 g/mol. The highest BCUT2D eigenvalue weighted by molar-refractivity contribution is 9.10. The molecule has 3 heterocycles. The largest absolute Gasteiger partial charge is 0.378 e. The first-order valence-electron chi connectivity index (χ1n) is 9.06. The van der Waals surface area contributed by atoms with Crippen molar-refractivity contribution in [2.45, 2.75) is 37.6 Å². The number of ether oxygens (including phenoxy) is 1. The van der Waals surface area contributed by atoms with Crippen LogP contribution in [0.5, 0.6) is 0 Å². The van der Waals surface area contributed by atoms with Crippen LogP contribution < -0.4 is 10.2 Å². The molecule has 1 N–H and O–H groups in total. The van der Waals surface area contributed by atoms with Crippen LogP contribution in [0.1, 0.15) is 25.7 Å². The quantitative estimate of drug-likeness (QED) is 0.783. The van der Waals surface area contributed by atoms with Crippen molar-refractivity contribution < 1.29 is 13.5 Å². The molecule has 0 bridgehead atoms. The highest BCUT2D eigenvalue weighted by Gasteiger charge is 2.35. The van der Waals surface area contributed by atoms with Gasteiger partial charge in [0.2, 0.25) is 5.92 Å². The van der Waals surface area contributed by atoms with Crippen LogP contribution in [0.2, 0.25) is 0 Å². The van der Waals surface area contributed by atoms with Crippen LogP contribution in [0.3, 0.4) is 0 Å². The molecule has 0 atom stereocenters. The minimum Gasteiger partial charge on any atom is -0.378 e. The first-order valence-corrected chi connectivity index (χ1v) is 9.85. The molecule has 1 saturated heterocycles. The Hall–Kier alpha value is -1.81. The topological polar surface area (TPSA) is 68.1 Å². The van der Waals surface area contributed by atoms with E-state index in [0.29, 0.717) is 42.4 Å². The van der Waals surface area contributed by atoms with Gasteiger partial charge in [-0.2, -0.15) is 15.1 Å². The Balaban J connectivity index is 1.59. The van der Waals surface area contributed by atoms with Crippen molar-refractivity contribution in [2.75, 3.05) is 36.5 Å². The van der Waals surface area contributed by atoms with Crippen molar-refractivity contribution in [3.63, 3.8) is 0 Å². The molecule has 10 heteroatoms. The molecule has 2 fully saturated rings. The smallest absolute Gasteiger partial charge is 0.254 e. The second-order valence-electron chi connectivity index (χ2n) is 6.87. The third kappa shape index (κ3) is 4.55. The molecule has 0 spiro atoms. The zero-order chi connectivity index (χ0) is 18.9. The van der Waals surface area contributed by atoms with Gasteiger partial charge in [0.1, 0.15) is 16.2 Å². The van der Waals surface area contributed by atoms with Gasteiger partial charge in [-0.3, -0.25) is 0 Å². The van der Waals surface area contributed by atoms with E-state index >= 15 is 0 Å². The van der Waals surface area contributed by atoms with Gasteiger partial charge < -0.3 is 15.0 Å². The van der Waals surface area contributed by atoms with Crippen LogP contribution in [0, 0.1) is 0 Å². The fourth-order valence-electron chi connectivity index (χ4n) is 3.36. The third-order valence-electron chi connectivity index (χ3n) is 4.87. The molecule has 2 aliphatic rings. The van der Waals surface area contributed by atoms with Gasteiger partial charge in [0.15, 0.2) is 0 Å². The fraction of sp³-hybridized carbons (Fsp3) is 0.588. The summed E-state index contributed by atoms with van der Waals surface area (Å²) < 4.78 is 34.5. The van der Waals surface area contributed by atoms with Crippen LogP contribution >= 0.6 is 15.9 Å². The Bertz CT molecular complexity index is 785. The molecule has 2 aromatic rings. The van der Waals surface area contributed by atoms with E-state index in [1.54, 1.807) is 16.9 Å². The van der Waals surface area contributed by atoms with Crippen LogP contribution in [-0.2, 0) is 4.74 Å². The molecule has 0 aromatic carbocycles. The summed E-state index contributed by atoms with van der Waals surface area (Å²) in [7, 11) is 0. The van der Waals surface area contributed by atoms with E-state index in [2.05, 4.69) is 41.2 Å². The van der Waals surface area contributed by atoms with Crippen molar-refractivity contribution >= 4 is 27.6 Å². The van der Waals surface area contributed by atoms with Crippen LogP contribution in [0.15, 0.2) is 22.9 Å². The minimum absolute atomic E-state index is 0.0192. The van der Waals surface area contributed by atoms with E-state index in [4.69, 9.17) is 4.74 Å². The third-order valence-corrected chi connectivity index (χ3v) is 5.29. The molecule has 146 valence electrons. The number of nitrogens with one attached hydrogen (secondary N) is 1. The Morgan fingerprint density at radius 3 is 2.59 bits per heavy atom. The molecule has 0 amide bonds. The standard InChI is InChI=1S/C17H21BrF2N6O/c18-13-3-6-26(24-13)16-22-14(21-12-1-4-17(19,20)5-2-12)11-15(23-16)25-7-9-27-10-8-25/h3,6,11-12H,1-2,4-5,7-10H2,(H,21,22,23). The van der Waals surface area contributed by atoms with E-state index in [-0.39, 0.29) is 18.9 Å². The second kappa shape index (κ2) is 7.67. The predicted octanol–water partition coefficient (Wildman–Crippen LogP) is 3.25. The summed E-state index contributed by atoms with van der Waals surface area (Å²) in [5.41, 5.74) is 0. The van der Waals surface area contributed by atoms with Gasteiger partial charge >= 0.3 is 0 Å². The van der Waals surface area contributed by atoms with Gasteiger partial charge in [-0.05, 0) is 34.8 Å². The van der Waals surface area contributed by atoms with Crippen LogP contribution in [-0.4, -0.2) is 58.0 Å². The monoisotopic (exact) mass is 442 g/mol. The molecule has 1 aliphatic heterocycles. The zero-order valence-corrected chi connectivity index (χ0v) is 16.3. The van der Waals surface area contributed by atoms with Gasteiger partial charge in [0.05, 0.1) is 13.2 Å². The maximum Gasteiger partial charge on any atom is 0.254 e. The predicted molar refractivity (Wildman–Crippen MR) is 101 cm³/mol. The lowest BCUT2D eigenvalue weighted by atomic mass is 9.92. The number of hydrogen-bond donors (Lipinski definition) is 1. The SMILES string of the molecule is FC1(F)CCC(Nc2cc(N3CCOCC3)nc(-n3ccc(Br)n3)n2)CC1. The van der Waals surface area contributed by atoms with Gasteiger partial charge in [-0.1, -0.05) is 0 Å². The van der Waals surface area contributed by atoms with Crippen molar-refractivity contribution in [3.8, 4) is 5.95 Å². The normalized spacial score (nSPS) is 20.6. The van der Waals surface area contributed by atoms with Crippen molar-refractivity contribution in [3.05, 3.63) is 22.9 Å². The molecular weight excluding hydrogens is 422 g/mol. The number of alkyl halides is 2. The summed E-state index contributed by atoms with van der Waals surface area (Å²) in [5, 5.41) is 7.63. The first kappa shape index (κ1) is 18.5. The van der Waals surface area contributed by atoms with Gasteiger partial charge in [0.25, 0.3) is 5.95 Å². The first-order chi connectivity index (χ1) is 13.0. The lowest BCUT2D eigenvalue weighted by Crippen LogP contribution is -2.37. The van der Waals surface area contributed by atoms with E-state index < -0.39 is 5.92 Å². The Morgan fingerprint density at radius 1 is 1.19 bits per heavy atom. The molecule has 4 rings (SSSR count). The summed E-state index contributed by atoms with van der Waals surface area (Å²) in [6.07, 6.45) is 2.43. The molecular formula is C17H21BrF2N6O. The number of hydrogen-bond acceptors (Lipinski definition) is 6. The Labute approximate surface area is 164 Å². The van der Waals surface area contributed by atoms with Crippen molar-refractivity contribution in [1.82, 2.24) is 19.7 Å². The number of halogens is 3. The Kier molecular flexibility index (Phi) is 5.27. The molecule has 0 radical (unpaired) electrons. The van der Waals surface area contributed by atoms with E-state index in [1.807, 2.05) is 6.07 Å². The zero-order valence-electron chi connectivity index (χ0n) is 14.7. The summed E-state index contributed by atoms with van der Waals surface area (Å²) in [5.74, 6) is -0.704. The Morgan fingerprint density at radius 2 is 1.93 bits per heavy atom. The molecule has 2 aromatic heterocycles. The average Bonchev–Trinajstić information content (AvgIpc) is 3.10. The molecule has 7 nitrogen and oxygen atoms in total. The van der Waals surface area contributed by atoms with Crippen LogP contribution in [0.25, 0.3) is 5.95 Å². The maximum atomic E-state index is 13.4. The van der Waals surface area contributed by atoms with Gasteiger partial charge in [0, 0.05) is 44.2 Å². The summed E-state index contributed by atoms with van der Waals surface area (Å²) >= 11 is 3.33. The molecule has 27 heavy (non-hydrogen) atoms. The maximum absolute atomic E-state index is 13.4. The lowest BCUT2D eigenvalue weighted by Gasteiger charge is -2.30. The summed E-state index contributed by atoms with van der Waals surface area (Å²) in [4.78, 5) is 11.3. The highest BCUT2D eigenvalue weighted by atomic mass is 79.9.